The normalized spacial score (nSPS) is 11.3. The molecule has 0 atom stereocenters. The standard InChI is InChI=1S/C22H29N5O3/c1-6-9-30-20-15(21(23)29)12-26(4)19(20)22-25-16-11-14(7-8-17(16)27(22)5)24-18(28)10-13(2)3/h7-8,11-13H,6,9-10H2,1-5H3,(H2,23,29)(H,24,28). The molecule has 2 aromatic heterocycles. The molecule has 0 bridgehead atoms. The second kappa shape index (κ2) is 8.61. The van der Waals surface area contributed by atoms with E-state index in [2.05, 4.69) is 5.32 Å². The number of ether oxygens (including phenoxy) is 1. The van der Waals surface area contributed by atoms with Crippen molar-refractivity contribution in [1.82, 2.24) is 14.1 Å². The highest BCUT2D eigenvalue weighted by Gasteiger charge is 2.24. The SMILES string of the molecule is CCCOc1c(C(N)=O)cn(C)c1-c1nc2cc(NC(=O)CC(C)C)ccc2n1C. The Bertz CT molecular complexity index is 1090. The van der Waals surface area contributed by atoms with Gasteiger partial charge < -0.3 is 24.9 Å². The summed E-state index contributed by atoms with van der Waals surface area (Å²) in [6, 6.07) is 5.63. The second-order valence-electron chi connectivity index (χ2n) is 7.89. The number of aryl methyl sites for hydroxylation is 2. The average molecular weight is 412 g/mol. The van der Waals surface area contributed by atoms with Crippen LogP contribution < -0.4 is 15.8 Å². The molecular formula is C22H29N5O3. The van der Waals surface area contributed by atoms with E-state index in [1.165, 1.54) is 0 Å². The number of imidazole rings is 1. The molecule has 2 amide bonds. The lowest BCUT2D eigenvalue weighted by Crippen LogP contribution is -2.13. The lowest BCUT2D eigenvalue weighted by Gasteiger charge is -2.10. The molecule has 0 unspecified atom stereocenters. The quantitative estimate of drug-likeness (QED) is 0.592. The largest absolute Gasteiger partial charge is 0.490 e. The van der Waals surface area contributed by atoms with Crippen LogP contribution in [0, 0.1) is 5.92 Å². The minimum Gasteiger partial charge on any atom is -0.490 e. The fourth-order valence-corrected chi connectivity index (χ4v) is 3.46. The Kier molecular flexibility index (Phi) is 6.14. The summed E-state index contributed by atoms with van der Waals surface area (Å²) in [7, 11) is 3.74. The number of amides is 2. The van der Waals surface area contributed by atoms with E-state index in [0.29, 0.717) is 41.5 Å². The van der Waals surface area contributed by atoms with Gasteiger partial charge in [-0.15, -0.1) is 0 Å². The lowest BCUT2D eigenvalue weighted by molar-refractivity contribution is -0.116. The molecular weight excluding hydrogens is 382 g/mol. The van der Waals surface area contributed by atoms with Crippen molar-refractivity contribution in [2.45, 2.75) is 33.6 Å². The van der Waals surface area contributed by atoms with Gasteiger partial charge in [0.25, 0.3) is 5.91 Å². The van der Waals surface area contributed by atoms with Gasteiger partial charge in [0.15, 0.2) is 11.6 Å². The molecule has 30 heavy (non-hydrogen) atoms. The van der Waals surface area contributed by atoms with Crippen molar-refractivity contribution in [3.63, 3.8) is 0 Å². The fourth-order valence-electron chi connectivity index (χ4n) is 3.46. The molecule has 8 heteroatoms. The van der Waals surface area contributed by atoms with Crippen LogP contribution in [-0.2, 0) is 18.9 Å². The minimum absolute atomic E-state index is 0.0238. The van der Waals surface area contributed by atoms with Crippen LogP contribution in [0.3, 0.4) is 0 Å². The monoisotopic (exact) mass is 411 g/mol. The van der Waals surface area contributed by atoms with Gasteiger partial charge in [-0.25, -0.2) is 4.98 Å². The fraction of sp³-hybridized carbons (Fsp3) is 0.409. The molecule has 0 aliphatic rings. The van der Waals surface area contributed by atoms with Crippen LogP contribution in [0.5, 0.6) is 5.75 Å². The maximum Gasteiger partial charge on any atom is 0.254 e. The molecule has 0 saturated heterocycles. The molecule has 3 rings (SSSR count). The van der Waals surface area contributed by atoms with E-state index in [9.17, 15) is 9.59 Å². The smallest absolute Gasteiger partial charge is 0.254 e. The number of hydrogen-bond donors (Lipinski definition) is 2. The van der Waals surface area contributed by atoms with Gasteiger partial charge in [-0.1, -0.05) is 20.8 Å². The number of benzene rings is 1. The molecule has 2 heterocycles. The number of nitrogens with zero attached hydrogens (tertiary/aromatic N) is 3. The average Bonchev–Trinajstić information content (AvgIpc) is 3.15. The topological polar surface area (TPSA) is 104 Å². The van der Waals surface area contributed by atoms with Gasteiger partial charge in [0.1, 0.15) is 5.69 Å². The first kappa shape index (κ1) is 21.4. The van der Waals surface area contributed by atoms with Crippen molar-refractivity contribution in [2.75, 3.05) is 11.9 Å². The van der Waals surface area contributed by atoms with E-state index in [0.717, 1.165) is 17.5 Å². The van der Waals surface area contributed by atoms with Gasteiger partial charge in [0.2, 0.25) is 5.91 Å². The van der Waals surface area contributed by atoms with Gasteiger partial charge in [0.05, 0.1) is 23.2 Å². The summed E-state index contributed by atoms with van der Waals surface area (Å²) in [4.78, 5) is 28.8. The number of carbonyl (C=O) groups excluding carboxylic acids is 2. The molecule has 3 aromatic rings. The number of aromatic nitrogens is 3. The first-order chi connectivity index (χ1) is 14.2. The van der Waals surface area contributed by atoms with Crippen molar-refractivity contribution in [3.8, 4) is 17.3 Å². The zero-order valence-corrected chi connectivity index (χ0v) is 18.2. The molecule has 0 aliphatic heterocycles. The predicted octanol–water partition coefficient (Wildman–Crippen LogP) is 3.45. The predicted molar refractivity (Wildman–Crippen MR) is 118 cm³/mol. The van der Waals surface area contributed by atoms with Crippen molar-refractivity contribution in [1.29, 1.82) is 0 Å². The molecule has 0 radical (unpaired) electrons. The molecule has 160 valence electrons. The van der Waals surface area contributed by atoms with E-state index in [4.69, 9.17) is 15.5 Å². The number of carbonyl (C=O) groups is 2. The summed E-state index contributed by atoms with van der Waals surface area (Å²) < 4.78 is 9.63. The van der Waals surface area contributed by atoms with Crippen molar-refractivity contribution in [2.24, 2.45) is 25.7 Å². The van der Waals surface area contributed by atoms with Crippen LogP contribution in [0.25, 0.3) is 22.6 Å². The summed E-state index contributed by atoms with van der Waals surface area (Å²) in [5, 5.41) is 2.92. The van der Waals surface area contributed by atoms with E-state index in [1.807, 2.05) is 57.6 Å². The zero-order chi connectivity index (χ0) is 22.0. The highest BCUT2D eigenvalue weighted by atomic mass is 16.5. The molecule has 8 nitrogen and oxygen atoms in total. The second-order valence-corrected chi connectivity index (χ2v) is 7.89. The zero-order valence-electron chi connectivity index (χ0n) is 18.2. The minimum atomic E-state index is -0.545. The molecule has 0 saturated carbocycles. The van der Waals surface area contributed by atoms with Gasteiger partial charge in [-0.05, 0) is 30.5 Å². The van der Waals surface area contributed by atoms with Crippen LogP contribution in [0.15, 0.2) is 24.4 Å². The third-order valence-corrected chi connectivity index (χ3v) is 4.82. The third kappa shape index (κ3) is 4.17. The van der Waals surface area contributed by atoms with Crippen LogP contribution in [-0.4, -0.2) is 32.5 Å². The number of hydrogen-bond acceptors (Lipinski definition) is 4. The first-order valence-corrected chi connectivity index (χ1v) is 10.1. The van der Waals surface area contributed by atoms with Crippen LogP contribution >= 0.6 is 0 Å². The number of nitrogens with two attached hydrogens (primary N) is 1. The Morgan fingerprint density at radius 3 is 2.63 bits per heavy atom. The summed E-state index contributed by atoms with van der Waals surface area (Å²) in [5.74, 6) is 0.808. The van der Waals surface area contributed by atoms with E-state index >= 15 is 0 Å². The number of primary amides is 1. The molecule has 3 N–H and O–H groups in total. The Morgan fingerprint density at radius 2 is 2.00 bits per heavy atom. The van der Waals surface area contributed by atoms with E-state index in [-0.39, 0.29) is 11.8 Å². The Morgan fingerprint density at radius 1 is 1.27 bits per heavy atom. The summed E-state index contributed by atoms with van der Waals surface area (Å²) in [6.45, 7) is 6.47. The summed E-state index contributed by atoms with van der Waals surface area (Å²) >= 11 is 0. The van der Waals surface area contributed by atoms with Gasteiger partial charge in [-0.2, -0.15) is 0 Å². The molecule has 0 spiro atoms. The van der Waals surface area contributed by atoms with E-state index < -0.39 is 5.91 Å². The number of nitrogens with one attached hydrogen (secondary N) is 1. The van der Waals surface area contributed by atoms with E-state index in [1.54, 1.807) is 10.8 Å². The summed E-state index contributed by atoms with van der Waals surface area (Å²) in [5.41, 5.74) is 8.90. The Balaban J connectivity index is 2.06. The highest BCUT2D eigenvalue weighted by molar-refractivity contribution is 5.98. The highest BCUT2D eigenvalue weighted by Crippen LogP contribution is 2.36. The van der Waals surface area contributed by atoms with Crippen molar-refractivity contribution < 1.29 is 14.3 Å². The van der Waals surface area contributed by atoms with Gasteiger partial charge in [-0.3, -0.25) is 9.59 Å². The Hall–Kier alpha value is -3.29. The lowest BCUT2D eigenvalue weighted by atomic mass is 10.1. The molecule has 1 aromatic carbocycles. The van der Waals surface area contributed by atoms with Crippen molar-refractivity contribution >= 4 is 28.5 Å². The summed E-state index contributed by atoms with van der Waals surface area (Å²) in [6.07, 6.45) is 2.93. The first-order valence-electron chi connectivity index (χ1n) is 10.1. The van der Waals surface area contributed by atoms with Crippen LogP contribution in [0.2, 0.25) is 0 Å². The third-order valence-electron chi connectivity index (χ3n) is 4.82. The van der Waals surface area contributed by atoms with Crippen molar-refractivity contribution in [3.05, 3.63) is 30.0 Å². The number of fused-ring (bicyclic) bond motifs is 1. The Labute approximate surface area is 176 Å². The number of rotatable bonds is 8. The van der Waals surface area contributed by atoms with Gasteiger partial charge in [0, 0.05) is 32.4 Å². The van der Waals surface area contributed by atoms with Gasteiger partial charge >= 0.3 is 0 Å². The maximum atomic E-state index is 12.1. The van der Waals surface area contributed by atoms with Crippen LogP contribution in [0.1, 0.15) is 44.0 Å². The maximum absolute atomic E-state index is 12.1. The molecule has 0 fully saturated rings. The number of anilines is 1. The molecule has 0 aliphatic carbocycles. The van der Waals surface area contributed by atoms with Crippen LogP contribution in [0.4, 0.5) is 5.69 Å².